The molecule has 0 amide bonds. The molecule has 0 saturated heterocycles. The summed E-state index contributed by atoms with van der Waals surface area (Å²) in [5.41, 5.74) is 4.72. The molecule has 0 radical (unpaired) electrons. The average Bonchev–Trinajstić information content (AvgIpc) is 3.35. The summed E-state index contributed by atoms with van der Waals surface area (Å²) in [6.45, 7) is 5.18. The maximum absolute atomic E-state index is 13.0. The van der Waals surface area contributed by atoms with Gasteiger partial charge in [0.1, 0.15) is 22.7 Å². The lowest BCUT2D eigenvalue weighted by Crippen LogP contribution is -2.19. The number of halogens is 1. The van der Waals surface area contributed by atoms with Gasteiger partial charge >= 0.3 is 5.76 Å². The summed E-state index contributed by atoms with van der Waals surface area (Å²) in [5, 5.41) is 15.3. The molecule has 0 bridgehead atoms. The van der Waals surface area contributed by atoms with Crippen LogP contribution in [0.3, 0.4) is 0 Å². The number of aryl methyl sites for hydroxylation is 2. The molecule has 9 heteroatoms. The van der Waals surface area contributed by atoms with Crippen molar-refractivity contribution in [2.75, 3.05) is 7.11 Å². The number of aromatic nitrogens is 3. The van der Waals surface area contributed by atoms with Crippen LogP contribution in [0.15, 0.2) is 50.1 Å². The molecular formula is C25H22ClN3O5. The number of pyridine rings is 1. The first kappa shape index (κ1) is 22.2. The summed E-state index contributed by atoms with van der Waals surface area (Å²) in [4.78, 5) is 17.7. The minimum absolute atomic E-state index is 0.237. The molecule has 0 unspecified atom stereocenters. The van der Waals surface area contributed by atoms with Gasteiger partial charge in [-0.1, -0.05) is 28.9 Å². The van der Waals surface area contributed by atoms with Gasteiger partial charge < -0.3 is 18.8 Å². The Labute approximate surface area is 199 Å². The average molecular weight is 480 g/mol. The largest absolute Gasteiger partial charge is 0.496 e. The first-order valence-electron chi connectivity index (χ1n) is 10.7. The fourth-order valence-corrected chi connectivity index (χ4v) is 4.68. The van der Waals surface area contributed by atoms with Crippen molar-refractivity contribution < 1.29 is 18.8 Å². The number of ether oxygens (including phenoxy) is 1. The van der Waals surface area contributed by atoms with Gasteiger partial charge in [0.05, 0.1) is 36.5 Å². The zero-order valence-corrected chi connectivity index (χ0v) is 19.8. The Bertz CT molecular complexity index is 1600. The summed E-state index contributed by atoms with van der Waals surface area (Å²) in [6, 6.07) is 10.6. The number of aliphatic hydroxyl groups excluding tert-OH is 1. The molecule has 8 nitrogen and oxygen atoms in total. The molecule has 34 heavy (non-hydrogen) atoms. The van der Waals surface area contributed by atoms with Crippen LogP contribution in [-0.4, -0.2) is 26.9 Å². The summed E-state index contributed by atoms with van der Waals surface area (Å²) in [6.07, 6.45) is 0. The van der Waals surface area contributed by atoms with E-state index in [9.17, 15) is 9.90 Å². The number of hydrogen-bond acceptors (Lipinski definition) is 7. The molecule has 3 heterocycles. The molecule has 174 valence electrons. The number of fused-ring (bicyclic) bond motifs is 3. The van der Waals surface area contributed by atoms with E-state index in [0.717, 1.165) is 16.7 Å². The second-order valence-corrected chi connectivity index (χ2v) is 8.57. The molecule has 0 saturated carbocycles. The highest BCUT2D eigenvalue weighted by molar-refractivity contribution is 6.30. The summed E-state index contributed by atoms with van der Waals surface area (Å²) >= 11 is 6.20. The third-order valence-electron chi connectivity index (χ3n) is 6.10. The Hall–Kier alpha value is -3.62. The van der Waals surface area contributed by atoms with Crippen LogP contribution in [0, 0.1) is 13.8 Å². The van der Waals surface area contributed by atoms with Crippen molar-refractivity contribution in [3.8, 4) is 16.9 Å². The third-order valence-corrected chi connectivity index (χ3v) is 6.34. The van der Waals surface area contributed by atoms with Crippen LogP contribution in [-0.2, 0) is 6.61 Å². The number of aliphatic hydroxyl groups is 1. The van der Waals surface area contributed by atoms with Crippen molar-refractivity contribution in [1.82, 2.24) is 14.7 Å². The quantitative estimate of drug-likeness (QED) is 0.370. The van der Waals surface area contributed by atoms with E-state index in [1.54, 1.807) is 17.7 Å². The smallest absolute Gasteiger partial charge is 0.420 e. The van der Waals surface area contributed by atoms with Gasteiger partial charge in [-0.3, -0.25) is 4.57 Å². The number of benzene rings is 2. The number of hydrogen-bond donors (Lipinski definition) is 1. The lowest BCUT2D eigenvalue weighted by atomic mass is 10.00. The predicted octanol–water partition coefficient (Wildman–Crippen LogP) is 5.18. The second-order valence-electron chi connectivity index (χ2n) is 8.13. The summed E-state index contributed by atoms with van der Waals surface area (Å²) in [5.74, 6) is 0.658. The van der Waals surface area contributed by atoms with Crippen LogP contribution < -0.4 is 10.5 Å². The molecule has 5 aromatic rings. The number of nitrogens with zero attached hydrogens (tertiary/aromatic N) is 3. The Morgan fingerprint density at radius 1 is 1.24 bits per heavy atom. The molecule has 0 fully saturated rings. The highest BCUT2D eigenvalue weighted by Gasteiger charge is 2.25. The van der Waals surface area contributed by atoms with Crippen molar-refractivity contribution in [3.05, 3.63) is 74.7 Å². The maximum Gasteiger partial charge on any atom is 0.420 e. The van der Waals surface area contributed by atoms with Gasteiger partial charge in [-0.15, -0.1) is 0 Å². The van der Waals surface area contributed by atoms with E-state index >= 15 is 0 Å². The molecule has 3 aromatic heterocycles. The van der Waals surface area contributed by atoms with Gasteiger partial charge in [-0.25, -0.2) is 9.78 Å². The summed E-state index contributed by atoms with van der Waals surface area (Å²) in [7, 11) is 1.58. The van der Waals surface area contributed by atoms with Gasteiger partial charge in [0.25, 0.3) is 0 Å². The van der Waals surface area contributed by atoms with E-state index < -0.39 is 18.4 Å². The van der Waals surface area contributed by atoms with Crippen molar-refractivity contribution >= 4 is 33.6 Å². The van der Waals surface area contributed by atoms with Gasteiger partial charge in [0, 0.05) is 16.0 Å². The second kappa shape index (κ2) is 8.30. The molecule has 0 spiro atoms. The van der Waals surface area contributed by atoms with E-state index in [2.05, 4.69) is 10.1 Å². The van der Waals surface area contributed by atoms with Crippen LogP contribution in [0.4, 0.5) is 0 Å². The molecule has 0 aliphatic carbocycles. The zero-order valence-electron chi connectivity index (χ0n) is 19.0. The van der Waals surface area contributed by atoms with Crippen molar-refractivity contribution in [2.45, 2.75) is 33.4 Å². The molecule has 5 rings (SSSR count). The normalized spacial score (nSPS) is 12.5. The van der Waals surface area contributed by atoms with Crippen LogP contribution in [0.1, 0.15) is 35.7 Å². The first-order chi connectivity index (χ1) is 16.3. The van der Waals surface area contributed by atoms with Crippen molar-refractivity contribution in [2.24, 2.45) is 0 Å². The number of rotatable bonds is 5. The third kappa shape index (κ3) is 3.38. The lowest BCUT2D eigenvalue weighted by Gasteiger charge is -2.16. The lowest BCUT2D eigenvalue weighted by molar-refractivity contribution is 0.277. The Morgan fingerprint density at radius 2 is 2.03 bits per heavy atom. The molecule has 2 aromatic carbocycles. The molecule has 1 N–H and O–H groups in total. The van der Waals surface area contributed by atoms with Gasteiger partial charge in [-0.05, 0) is 50.6 Å². The predicted molar refractivity (Wildman–Crippen MR) is 128 cm³/mol. The van der Waals surface area contributed by atoms with E-state index in [0.29, 0.717) is 38.6 Å². The van der Waals surface area contributed by atoms with Crippen LogP contribution in [0.2, 0.25) is 5.02 Å². The van der Waals surface area contributed by atoms with E-state index in [1.807, 2.05) is 51.1 Å². The maximum atomic E-state index is 13.0. The summed E-state index contributed by atoms with van der Waals surface area (Å²) < 4.78 is 18.2. The molecule has 0 aliphatic rings. The molecule has 1 atom stereocenters. The monoisotopic (exact) mass is 479 g/mol. The zero-order chi connectivity index (χ0) is 24.1. The fourth-order valence-electron chi connectivity index (χ4n) is 4.49. The Kier molecular flexibility index (Phi) is 5.42. The highest BCUT2D eigenvalue weighted by Crippen LogP contribution is 2.40. The van der Waals surface area contributed by atoms with Gasteiger partial charge in [0.15, 0.2) is 5.58 Å². The van der Waals surface area contributed by atoms with E-state index in [1.165, 1.54) is 0 Å². The highest BCUT2D eigenvalue weighted by atomic mass is 35.5. The Balaban J connectivity index is 1.87. The van der Waals surface area contributed by atoms with Gasteiger partial charge in [0.2, 0.25) is 0 Å². The van der Waals surface area contributed by atoms with Crippen molar-refractivity contribution in [3.63, 3.8) is 0 Å². The van der Waals surface area contributed by atoms with Crippen LogP contribution in [0.25, 0.3) is 33.1 Å². The van der Waals surface area contributed by atoms with Crippen molar-refractivity contribution in [1.29, 1.82) is 0 Å². The van der Waals surface area contributed by atoms with E-state index in [-0.39, 0.29) is 11.3 Å². The fraction of sp³-hybridized carbons (Fsp3) is 0.240. The molecular weight excluding hydrogens is 458 g/mol. The topological polar surface area (TPSA) is 104 Å². The Morgan fingerprint density at radius 3 is 2.68 bits per heavy atom. The minimum Gasteiger partial charge on any atom is -0.496 e. The van der Waals surface area contributed by atoms with E-state index in [4.69, 9.17) is 25.3 Å². The van der Waals surface area contributed by atoms with Gasteiger partial charge in [-0.2, -0.15) is 0 Å². The van der Waals surface area contributed by atoms with Crippen LogP contribution in [0.5, 0.6) is 5.75 Å². The SMILES string of the molecule is COc1cc2c(cc1-c1c(C)noc1C)nc(CO)c1oc(=O)n([C@H](C)c3cccc(Cl)c3)c12. The standard InChI is InChI=1S/C25H22ClN3O5/c1-12-22(14(3)34-28-12)18-9-19-17(10-21(18)32-4)23-24(20(11-30)27-19)33-25(31)29(23)13(2)15-6-5-7-16(26)8-15/h5-10,13,30H,11H2,1-4H3/t13-/m1/s1. The number of methoxy groups -OCH3 is 1. The van der Waals surface area contributed by atoms with Crippen LogP contribution >= 0.6 is 11.6 Å². The number of oxazole rings is 1. The molecule has 0 aliphatic heterocycles. The first-order valence-corrected chi connectivity index (χ1v) is 11.1. The minimum atomic E-state index is -0.555.